The summed E-state index contributed by atoms with van der Waals surface area (Å²) < 4.78 is 42.4. The number of hydrogen-bond acceptors (Lipinski definition) is 5. The maximum atomic E-state index is 12.4. The number of halogens is 3. The van der Waals surface area contributed by atoms with Crippen molar-refractivity contribution in [3.63, 3.8) is 0 Å². The van der Waals surface area contributed by atoms with Gasteiger partial charge in [-0.05, 0) is 30.0 Å². The predicted octanol–water partition coefficient (Wildman–Crippen LogP) is 3.13. The molecule has 1 heterocycles. The smallest absolute Gasteiger partial charge is 0.416 e. The molecule has 0 saturated heterocycles. The van der Waals surface area contributed by atoms with Gasteiger partial charge in [0.1, 0.15) is 0 Å². The molecule has 0 aliphatic carbocycles. The standard InChI is InChI=1S/C10H8F3N3OS/c1-5-15-16-9(17-5)18-8-3-2-6(4-7(8)14)10(11,12)13/h2-4H,14H2,1H3. The Balaban J connectivity index is 2.25. The van der Waals surface area contributed by atoms with E-state index in [1.165, 1.54) is 6.07 Å². The first kappa shape index (κ1) is 12.7. The van der Waals surface area contributed by atoms with E-state index in [1.807, 2.05) is 0 Å². The monoisotopic (exact) mass is 275 g/mol. The third-order valence-corrected chi connectivity index (χ3v) is 2.97. The van der Waals surface area contributed by atoms with Crippen LogP contribution >= 0.6 is 11.8 Å². The SMILES string of the molecule is Cc1nnc(Sc2ccc(C(F)(F)F)cc2N)o1. The van der Waals surface area contributed by atoms with Gasteiger partial charge in [0.05, 0.1) is 5.56 Å². The van der Waals surface area contributed by atoms with Gasteiger partial charge < -0.3 is 10.2 Å². The van der Waals surface area contributed by atoms with Crippen LogP contribution in [0.25, 0.3) is 0 Å². The van der Waals surface area contributed by atoms with Crippen LogP contribution in [0.2, 0.25) is 0 Å². The molecule has 2 aromatic rings. The van der Waals surface area contributed by atoms with Crippen LogP contribution in [0.15, 0.2) is 32.7 Å². The summed E-state index contributed by atoms with van der Waals surface area (Å²) >= 11 is 1.02. The van der Waals surface area contributed by atoms with E-state index in [1.54, 1.807) is 6.92 Å². The van der Waals surface area contributed by atoms with Crippen molar-refractivity contribution in [2.75, 3.05) is 5.73 Å². The van der Waals surface area contributed by atoms with Gasteiger partial charge in [-0.3, -0.25) is 0 Å². The van der Waals surface area contributed by atoms with E-state index in [0.717, 1.165) is 23.9 Å². The van der Waals surface area contributed by atoms with E-state index in [0.29, 0.717) is 10.8 Å². The molecule has 0 aliphatic heterocycles. The van der Waals surface area contributed by atoms with E-state index in [-0.39, 0.29) is 10.9 Å². The molecule has 0 aliphatic rings. The van der Waals surface area contributed by atoms with Gasteiger partial charge in [-0.25, -0.2) is 0 Å². The number of aromatic nitrogens is 2. The molecule has 96 valence electrons. The minimum absolute atomic E-state index is 0.0191. The summed E-state index contributed by atoms with van der Waals surface area (Å²) in [5.41, 5.74) is 4.80. The first-order valence-corrected chi connectivity index (χ1v) is 5.62. The summed E-state index contributed by atoms with van der Waals surface area (Å²) in [5, 5.41) is 7.57. The van der Waals surface area contributed by atoms with E-state index in [2.05, 4.69) is 10.2 Å². The molecule has 0 spiro atoms. The Hall–Kier alpha value is -1.70. The van der Waals surface area contributed by atoms with E-state index < -0.39 is 11.7 Å². The molecule has 2 rings (SSSR count). The van der Waals surface area contributed by atoms with Crippen molar-refractivity contribution >= 4 is 17.4 Å². The zero-order valence-corrected chi connectivity index (χ0v) is 9.97. The Morgan fingerprint density at radius 3 is 2.50 bits per heavy atom. The lowest BCUT2D eigenvalue weighted by Crippen LogP contribution is -2.05. The van der Waals surface area contributed by atoms with Gasteiger partial charge in [0, 0.05) is 17.5 Å². The van der Waals surface area contributed by atoms with Crippen LogP contribution in [0.4, 0.5) is 18.9 Å². The Bertz CT molecular complexity index is 568. The molecule has 8 heteroatoms. The fourth-order valence-electron chi connectivity index (χ4n) is 1.23. The Morgan fingerprint density at radius 1 is 1.28 bits per heavy atom. The lowest BCUT2D eigenvalue weighted by molar-refractivity contribution is -0.137. The average Bonchev–Trinajstić information content (AvgIpc) is 2.65. The van der Waals surface area contributed by atoms with Crippen LogP contribution in [-0.4, -0.2) is 10.2 Å². The largest absolute Gasteiger partial charge is 0.416 e. The molecule has 1 aromatic carbocycles. The van der Waals surface area contributed by atoms with E-state index in [9.17, 15) is 13.2 Å². The molecule has 0 bridgehead atoms. The highest BCUT2D eigenvalue weighted by Gasteiger charge is 2.30. The lowest BCUT2D eigenvalue weighted by atomic mass is 10.2. The number of hydrogen-bond donors (Lipinski definition) is 1. The summed E-state index contributed by atoms with van der Waals surface area (Å²) in [6, 6.07) is 3.12. The number of nitrogens with zero attached hydrogens (tertiary/aromatic N) is 2. The van der Waals surface area contributed by atoms with Gasteiger partial charge in [0.2, 0.25) is 5.89 Å². The molecule has 0 unspecified atom stereocenters. The minimum atomic E-state index is -4.40. The molecule has 0 radical (unpaired) electrons. The second-order valence-corrected chi connectivity index (χ2v) is 4.43. The highest BCUT2D eigenvalue weighted by molar-refractivity contribution is 7.99. The number of nitrogens with two attached hydrogens (primary N) is 1. The van der Waals surface area contributed by atoms with Crippen LogP contribution < -0.4 is 5.73 Å². The van der Waals surface area contributed by atoms with Crippen LogP contribution in [0.1, 0.15) is 11.5 Å². The fraction of sp³-hybridized carbons (Fsp3) is 0.200. The highest BCUT2D eigenvalue weighted by atomic mass is 32.2. The van der Waals surface area contributed by atoms with Gasteiger partial charge >= 0.3 is 6.18 Å². The molecule has 2 N–H and O–H groups in total. The molecule has 0 amide bonds. The normalized spacial score (nSPS) is 11.8. The molecule has 1 aromatic heterocycles. The Morgan fingerprint density at radius 2 is 2.00 bits per heavy atom. The van der Waals surface area contributed by atoms with Crippen molar-refractivity contribution < 1.29 is 17.6 Å². The quantitative estimate of drug-likeness (QED) is 0.853. The van der Waals surface area contributed by atoms with Crippen molar-refractivity contribution in [1.29, 1.82) is 0 Å². The summed E-state index contributed by atoms with van der Waals surface area (Å²) in [6.07, 6.45) is -4.40. The molecular weight excluding hydrogens is 267 g/mol. The van der Waals surface area contributed by atoms with Gasteiger partial charge in [-0.2, -0.15) is 13.2 Å². The molecule has 0 saturated carbocycles. The summed E-state index contributed by atoms with van der Waals surface area (Å²) in [7, 11) is 0. The second kappa shape index (κ2) is 4.52. The van der Waals surface area contributed by atoms with Gasteiger partial charge in [0.25, 0.3) is 5.22 Å². The van der Waals surface area contributed by atoms with Crippen molar-refractivity contribution in [3.8, 4) is 0 Å². The van der Waals surface area contributed by atoms with Crippen LogP contribution in [-0.2, 0) is 6.18 Å². The number of nitrogen functional groups attached to an aromatic ring is 1. The van der Waals surface area contributed by atoms with Gasteiger partial charge in [0.15, 0.2) is 0 Å². The zero-order chi connectivity index (χ0) is 13.3. The summed E-state index contributed by atoms with van der Waals surface area (Å²) in [5.74, 6) is 0.378. The molecule has 4 nitrogen and oxygen atoms in total. The van der Waals surface area contributed by atoms with Gasteiger partial charge in [-0.1, -0.05) is 0 Å². The molecule has 0 atom stereocenters. The molecular formula is C10H8F3N3OS. The number of anilines is 1. The Kier molecular flexibility index (Phi) is 3.20. The third-order valence-electron chi connectivity index (χ3n) is 2.04. The number of aryl methyl sites for hydroxylation is 1. The zero-order valence-electron chi connectivity index (χ0n) is 9.15. The summed E-state index contributed by atoms with van der Waals surface area (Å²) in [4.78, 5) is 0.437. The van der Waals surface area contributed by atoms with E-state index >= 15 is 0 Å². The van der Waals surface area contributed by atoms with Crippen molar-refractivity contribution in [2.24, 2.45) is 0 Å². The predicted molar refractivity (Wildman–Crippen MR) is 59.0 cm³/mol. The van der Waals surface area contributed by atoms with Crippen LogP contribution in [0, 0.1) is 6.92 Å². The first-order chi connectivity index (χ1) is 8.36. The van der Waals surface area contributed by atoms with E-state index in [4.69, 9.17) is 10.2 Å². The maximum absolute atomic E-state index is 12.4. The third kappa shape index (κ3) is 2.76. The average molecular weight is 275 g/mol. The van der Waals surface area contributed by atoms with Crippen LogP contribution in [0.5, 0.6) is 0 Å². The first-order valence-electron chi connectivity index (χ1n) is 4.81. The molecule has 0 fully saturated rings. The van der Waals surface area contributed by atoms with Crippen molar-refractivity contribution in [3.05, 3.63) is 29.7 Å². The number of rotatable bonds is 2. The Labute approximate surface area is 104 Å². The molecule has 18 heavy (non-hydrogen) atoms. The van der Waals surface area contributed by atoms with Crippen molar-refractivity contribution in [1.82, 2.24) is 10.2 Å². The van der Waals surface area contributed by atoms with Crippen molar-refractivity contribution in [2.45, 2.75) is 23.2 Å². The van der Waals surface area contributed by atoms with Gasteiger partial charge in [-0.15, -0.1) is 10.2 Å². The van der Waals surface area contributed by atoms with Crippen LogP contribution in [0.3, 0.4) is 0 Å². The fourth-order valence-corrected chi connectivity index (χ4v) is 1.98. The minimum Gasteiger partial charge on any atom is -0.416 e. The second-order valence-electron chi connectivity index (χ2n) is 3.44. The number of alkyl halides is 3. The highest BCUT2D eigenvalue weighted by Crippen LogP contribution is 2.36. The summed E-state index contributed by atoms with van der Waals surface area (Å²) in [6.45, 7) is 1.62. The topological polar surface area (TPSA) is 64.9 Å². The number of benzene rings is 1. The maximum Gasteiger partial charge on any atom is 0.416 e. The lowest BCUT2D eigenvalue weighted by Gasteiger charge is -2.09.